The summed E-state index contributed by atoms with van der Waals surface area (Å²) in [6.45, 7) is 3.98. The fourth-order valence-electron chi connectivity index (χ4n) is 1.52. The molecule has 0 saturated heterocycles. The van der Waals surface area contributed by atoms with Crippen LogP contribution in [0.5, 0.6) is 5.88 Å². The predicted molar refractivity (Wildman–Crippen MR) is 52.1 cm³/mol. The van der Waals surface area contributed by atoms with Gasteiger partial charge in [-0.05, 0) is 26.0 Å². The lowest BCUT2D eigenvalue weighted by Gasteiger charge is -2.01. The summed E-state index contributed by atoms with van der Waals surface area (Å²) >= 11 is 0. The van der Waals surface area contributed by atoms with Crippen molar-refractivity contribution in [2.45, 2.75) is 13.8 Å². The van der Waals surface area contributed by atoms with Crippen LogP contribution >= 0.6 is 0 Å². The molecule has 0 aliphatic heterocycles. The molecule has 0 spiro atoms. The molecule has 68 valence electrons. The number of methoxy groups -OCH3 is 1. The fraction of sp³-hybridized carbons (Fsp3) is 0.300. The summed E-state index contributed by atoms with van der Waals surface area (Å²) < 4.78 is 5.19. The van der Waals surface area contributed by atoms with Gasteiger partial charge in [0.05, 0.1) is 18.0 Å². The number of ether oxygens (including phenoxy) is 1. The second kappa shape index (κ2) is 2.76. The van der Waals surface area contributed by atoms with Crippen LogP contribution in [-0.4, -0.2) is 17.1 Å². The molecule has 0 saturated carbocycles. The minimum atomic E-state index is 0.694. The van der Waals surface area contributed by atoms with E-state index >= 15 is 0 Å². The monoisotopic (exact) mass is 176 g/mol. The molecule has 0 bridgehead atoms. The van der Waals surface area contributed by atoms with Crippen molar-refractivity contribution >= 4 is 10.9 Å². The Hall–Kier alpha value is -1.51. The molecule has 0 fully saturated rings. The quantitative estimate of drug-likeness (QED) is 0.723. The topological polar surface area (TPSA) is 37.9 Å². The van der Waals surface area contributed by atoms with Gasteiger partial charge in [0.2, 0.25) is 5.88 Å². The molecule has 0 amide bonds. The molecule has 0 aromatic carbocycles. The van der Waals surface area contributed by atoms with Crippen molar-refractivity contribution in [1.82, 2.24) is 9.97 Å². The van der Waals surface area contributed by atoms with Crippen LogP contribution in [0.1, 0.15) is 11.4 Å². The van der Waals surface area contributed by atoms with Gasteiger partial charge in [-0.3, -0.25) is 0 Å². The number of hydrogen-bond acceptors (Lipinski definition) is 2. The van der Waals surface area contributed by atoms with E-state index in [1.54, 1.807) is 7.11 Å². The van der Waals surface area contributed by atoms with Gasteiger partial charge in [-0.15, -0.1) is 0 Å². The van der Waals surface area contributed by atoms with E-state index in [1.165, 1.54) is 0 Å². The molecule has 2 rings (SSSR count). The Kier molecular flexibility index (Phi) is 1.72. The molecule has 3 heteroatoms. The lowest BCUT2D eigenvalue weighted by Crippen LogP contribution is -1.90. The van der Waals surface area contributed by atoms with Gasteiger partial charge < -0.3 is 9.72 Å². The first-order valence-electron chi connectivity index (χ1n) is 4.21. The Morgan fingerprint density at radius 2 is 2.08 bits per heavy atom. The molecule has 0 unspecified atom stereocenters. The van der Waals surface area contributed by atoms with Crippen LogP contribution < -0.4 is 4.74 Å². The van der Waals surface area contributed by atoms with Gasteiger partial charge in [-0.1, -0.05) is 0 Å². The van der Waals surface area contributed by atoms with E-state index in [-0.39, 0.29) is 0 Å². The molecule has 2 heterocycles. The van der Waals surface area contributed by atoms with Gasteiger partial charge in [0.15, 0.2) is 0 Å². The molecular formula is C10H12N2O. The zero-order valence-corrected chi connectivity index (χ0v) is 8.01. The van der Waals surface area contributed by atoms with E-state index in [2.05, 4.69) is 9.97 Å². The number of nitrogens with zero attached hydrogens (tertiary/aromatic N) is 1. The Morgan fingerprint density at radius 1 is 1.31 bits per heavy atom. The number of hydrogen-bond donors (Lipinski definition) is 1. The minimum absolute atomic E-state index is 0.694. The number of aromatic amines is 1. The largest absolute Gasteiger partial charge is 0.480 e. The van der Waals surface area contributed by atoms with E-state index < -0.39 is 0 Å². The SMILES string of the molecule is COc1nc(C)cc2[nH]c(C)cc12. The molecule has 0 aliphatic carbocycles. The van der Waals surface area contributed by atoms with Crippen LogP contribution in [0.25, 0.3) is 10.9 Å². The molecule has 2 aromatic rings. The number of H-pyrrole nitrogens is 1. The standard InChI is InChI=1S/C10H12N2O/c1-6-4-8-9(11-6)5-7(2)12-10(8)13-3/h4-5,11H,1-3H3. The van der Waals surface area contributed by atoms with Crippen LogP contribution in [0.15, 0.2) is 12.1 Å². The van der Waals surface area contributed by atoms with Crippen molar-refractivity contribution in [3.63, 3.8) is 0 Å². The van der Waals surface area contributed by atoms with E-state index in [1.807, 2.05) is 26.0 Å². The number of pyridine rings is 1. The zero-order valence-electron chi connectivity index (χ0n) is 8.01. The molecule has 3 nitrogen and oxygen atoms in total. The number of aryl methyl sites for hydroxylation is 2. The van der Waals surface area contributed by atoms with Gasteiger partial charge in [-0.2, -0.15) is 0 Å². The molecule has 0 aliphatic rings. The van der Waals surface area contributed by atoms with Gasteiger partial charge in [0, 0.05) is 11.4 Å². The van der Waals surface area contributed by atoms with Crippen LogP contribution in [0, 0.1) is 13.8 Å². The smallest absolute Gasteiger partial charge is 0.222 e. The third-order valence-electron chi connectivity index (χ3n) is 2.04. The van der Waals surface area contributed by atoms with Gasteiger partial charge in [-0.25, -0.2) is 4.98 Å². The maximum absolute atomic E-state index is 5.19. The van der Waals surface area contributed by atoms with Crippen molar-refractivity contribution in [1.29, 1.82) is 0 Å². The molecule has 13 heavy (non-hydrogen) atoms. The maximum atomic E-state index is 5.19. The molecule has 1 N–H and O–H groups in total. The summed E-state index contributed by atoms with van der Waals surface area (Å²) in [6, 6.07) is 4.06. The fourth-order valence-corrected chi connectivity index (χ4v) is 1.52. The van der Waals surface area contributed by atoms with Gasteiger partial charge in [0.25, 0.3) is 0 Å². The number of rotatable bonds is 1. The number of aromatic nitrogens is 2. The van der Waals surface area contributed by atoms with Gasteiger partial charge in [0.1, 0.15) is 0 Å². The molecule has 0 radical (unpaired) electrons. The highest BCUT2D eigenvalue weighted by atomic mass is 16.5. The Bertz CT molecular complexity index is 445. The van der Waals surface area contributed by atoms with Crippen molar-refractivity contribution in [3.05, 3.63) is 23.5 Å². The van der Waals surface area contributed by atoms with Crippen LogP contribution in [0.4, 0.5) is 0 Å². The van der Waals surface area contributed by atoms with Crippen LogP contribution in [0.3, 0.4) is 0 Å². The summed E-state index contributed by atoms with van der Waals surface area (Å²) in [5, 5.41) is 1.05. The summed E-state index contributed by atoms with van der Waals surface area (Å²) in [7, 11) is 1.64. The van der Waals surface area contributed by atoms with E-state index in [0.29, 0.717) is 5.88 Å². The lowest BCUT2D eigenvalue weighted by molar-refractivity contribution is 0.402. The minimum Gasteiger partial charge on any atom is -0.480 e. The Balaban J connectivity index is 2.80. The Morgan fingerprint density at radius 3 is 2.77 bits per heavy atom. The van der Waals surface area contributed by atoms with Crippen LogP contribution in [-0.2, 0) is 0 Å². The first-order valence-corrected chi connectivity index (χ1v) is 4.21. The van der Waals surface area contributed by atoms with Gasteiger partial charge >= 0.3 is 0 Å². The van der Waals surface area contributed by atoms with E-state index in [9.17, 15) is 0 Å². The number of fused-ring (bicyclic) bond motifs is 1. The third kappa shape index (κ3) is 1.26. The normalized spacial score (nSPS) is 10.7. The third-order valence-corrected chi connectivity index (χ3v) is 2.04. The van der Waals surface area contributed by atoms with Crippen molar-refractivity contribution in [2.24, 2.45) is 0 Å². The molecular weight excluding hydrogens is 164 g/mol. The van der Waals surface area contributed by atoms with E-state index in [0.717, 1.165) is 22.3 Å². The maximum Gasteiger partial charge on any atom is 0.222 e. The Labute approximate surface area is 76.8 Å². The summed E-state index contributed by atoms with van der Waals surface area (Å²) in [5.41, 5.74) is 3.17. The predicted octanol–water partition coefficient (Wildman–Crippen LogP) is 2.19. The van der Waals surface area contributed by atoms with Crippen LogP contribution in [0.2, 0.25) is 0 Å². The highest BCUT2D eigenvalue weighted by Crippen LogP contribution is 2.24. The summed E-state index contributed by atoms with van der Waals surface area (Å²) in [6.07, 6.45) is 0. The molecule has 0 atom stereocenters. The lowest BCUT2D eigenvalue weighted by atomic mass is 10.3. The van der Waals surface area contributed by atoms with Crippen molar-refractivity contribution < 1.29 is 4.74 Å². The zero-order chi connectivity index (χ0) is 9.42. The second-order valence-corrected chi connectivity index (χ2v) is 3.19. The van der Waals surface area contributed by atoms with Crippen molar-refractivity contribution in [2.75, 3.05) is 7.11 Å². The van der Waals surface area contributed by atoms with Crippen molar-refractivity contribution in [3.8, 4) is 5.88 Å². The first-order chi connectivity index (χ1) is 6.20. The summed E-state index contributed by atoms with van der Waals surface area (Å²) in [5.74, 6) is 0.694. The summed E-state index contributed by atoms with van der Waals surface area (Å²) in [4.78, 5) is 7.54. The highest BCUT2D eigenvalue weighted by Gasteiger charge is 2.05. The average Bonchev–Trinajstić information content (AvgIpc) is 2.43. The highest BCUT2D eigenvalue weighted by molar-refractivity contribution is 5.85. The second-order valence-electron chi connectivity index (χ2n) is 3.19. The van der Waals surface area contributed by atoms with E-state index in [4.69, 9.17) is 4.74 Å². The number of nitrogens with one attached hydrogen (secondary N) is 1. The average molecular weight is 176 g/mol. The first kappa shape index (κ1) is 8.10. The molecule has 2 aromatic heterocycles.